The van der Waals surface area contributed by atoms with Gasteiger partial charge in [0, 0.05) is 17.5 Å². The number of amides is 1. The summed E-state index contributed by atoms with van der Waals surface area (Å²) in [5, 5.41) is 18.2. The molecule has 3 unspecified atom stereocenters. The van der Waals surface area contributed by atoms with Crippen LogP contribution in [0.3, 0.4) is 0 Å². The summed E-state index contributed by atoms with van der Waals surface area (Å²) in [6, 6.07) is 12.4. The largest absolute Gasteiger partial charge is 0.377 e. The molecule has 0 radical (unpaired) electrons. The molecule has 2 aliphatic rings. The molecule has 0 saturated heterocycles. The third-order valence-electron chi connectivity index (χ3n) is 5.60. The van der Waals surface area contributed by atoms with Crippen molar-refractivity contribution in [1.29, 1.82) is 0 Å². The van der Waals surface area contributed by atoms with Crippen LogP contribution >= 0.6 is 0 Å². The lowest BCUT2D eigenvalue weighted by Gasteiger charge is -2.38. The molecule has 2 aromatic carbocycles. The van der Waals surface area contributed by atoms with Crippen molar-refractivity contribution in [2.75, 3.05) is 5.32 Å². The number of anilines is 1. The maximum atomic E-state index is 13.0. The number of hydrogen-bond donors (Lipinski definition) is 2. The van der Waals surface area contributed by atoms with E-state index in [9.17, 15) is 14.9 Å². The first kappa shape index (κ1) is 19.2. The Morgan fingerprint density at radius 2 is 1.86 bits per heavy atom. The lowest BCUT2D eigenvalue weighted by Crippen LogP contribution is -2.41. The molecule has 0 spiro atoms. The lowest BCUT2D eigenvalue weighted by molar-refractivity contribution is -0.385. The fraction of sp³-hybridized carbons (Fsp3) is 0.348. The van der Waals surface area contributed by atoms with Crippen LogP contribution in [0.25, 0.3) is 0 Å². The third-order valence-corrected chi connectivity index (χ3v) is 5.60. The first-order chi connectivity index (χ1) is 13.8. The van der Waals surface area contributed by atoms with Crippen molar-refractivity contribution in [3.8, 4) is 0 Å². The van der Waals surface area contributed by atoms with E-state index in [1.807, 2.05) is 51.1 Å². The number of rotatable bonds is 3. The quantitative estimate of drug-likeness (QED) is 0.440. The third kappa shape index (κ3) is 3.50. The highest BCUT2D eigenvalue weighted by Crippen LogP contribution is 2.51. The second kappa shape index (κ2) is 7.03. The summed E-state index contributed by atoms with van der Waals surface area (Å²) in [6.07, 6.45) is 5.14. The normalized spacial score (nSPS) is 22.4. The Kier molecular flexibility index (Phi) is 4.65. The van der Waals surface area contributed by atoms with Crippen molar-refractivity contribution < 1.29 is 9.72 Å². The number of hydrogen-bond acceptors (Lipinski definition) is 4. The zero-order chi connectivity index (χ0) is 20.8. The highest BCUT2D eigenvalue weighted by Gasteiger charge is 2.41. The number of nitrogens with one attached hydrogen (secondary N) is 2. The van der Waals surface area contributed by atoms with Crippen LogP contribution < -0.4 is 10.6 Å². The first-order valence-electron chi connectivity index (χ1n) is 9.88. The van der Waals surface area contributed by atoms with Crippen molar-refractivity contribution in [3.05, 3.63) is 81.4 Å². The predicted molar refractivity (Wildman–Crippen MR) is 113 cm³/mol. The van der Waals surface area contributed by atoms with Crippen molar-refractivity contribution >= 4 is 17.3 Å². The summed E-state index contributed by atoms with van der Waals surface area (Å²) < 4.78 is 0. The first-order valence-corrected chi connectivity index (χ1v) is 9.88. The van der Waals surface area contributed by atoms with Crippen LogP contribution in [0.4, 0.5) is 11.4 Å². The highest BCUT2D eigenvalue weighted by molar-refractivity contribution is 6.01. The Morgan fingerprint density at radius 3 is 2.59 bits per heavy atom. The average Bonchev–Trinajstić information content (AvgIpc) is 3.15. The molecule has 6 heteroatoms. The summed E-state index contributed by atoms with van der Waals surface area (Å²) in [5.41, 5.74) is 2.82. The second-order valence-corrected chi connectivity index (χ2v) is 8.77. The summed E-state index contributed by atoms with van der Waals surface area (Å²) in [4.78, 5) is 24.3. The van der Waals surface area contributed by atoms with Crippen LogP contribution in [0.1, 0.15) is 60.6 Å². The SMILES string of the molecule is CC(C)(C)NC(=O)c1cccc2c1NC(c1ccccc1[N+](=O)[O-])C1CC=CC21. The van der Waals surface area contributed by atoms with Gasteiger partial charge in [0.05, 0.1) is 27.8 Å². The van der Waals surface area contributed by atoms with Crippen LogP contribution in [0.15, 0.2) is 54.6 Å². The van der Waals surface area contributed by atoms with Crippen LogP contribution in [0.5, 0.6) is 0 Å². The lowest BCUT2D eigenvalue weighted by atomic mass is 9.76. The number of nitrogens with zero attached hydrogens (tertiary/aromatic N) is 1. The number of para-hydroxylation sites is 2. The van der Waals surface area contributed by atoms with E-state index in [1.54, 1.807) is 12.1 Å². The van der Waals surface area contributed by atoms with Gasteiger partial charge in [0.15, 0.2) is 0 Å². The Balaban J connectivity index is 1.81. The molecule has 4 rings (SSSR count). The van der Waals surface area contributed by atoms with Crippen molar-refractivity contribution in [2.45, 2.75) is 44.7 Å². The maximum Gasteiger partial charge on any atom is 0.274 e. The minimum atomic E-state index is -0.359. The number of carbonyl (C=O) groups excluding carboxylic acids is 1. The van der Waals surface area contributed by atoms with E-state index >= 15 is 0 Å². The molecule has 0 saturated carbocycles. The molecule has 0 bridgehead atoms. The number of benzene rings is 2. The summed E-state index contributed by atoms with van der Waals surface area (Å²) >= 11 is 0. The van der Waals surface area contributed by atoms with Crippen LogP contribution in [0, 0.1) is 16.0 Å². The van der Waals surface area contributed by atoms with E-state index < -0.39 is 0 Å². The Labute approximate surface area is 170 Å². The molecule has 0 fully saturated rings. The van der Waals surface area contributed by atoms with E-state index in [0.29, 0.717) is 11.1 Å². The van der Waals surface area contributed by atoms with E-state index in [1.165, 1.54) is 0 Å². The van der Waals surface area contributed by atoms with Crippen molar-refractivity contribution in [3.63, 3.8) is 0 Å². The minimum absolute atomic E-state index is 0.107. The molecule has 1 aliphatic heterocycles. The molecule has 3 atom stereocenters. The van der Waals surface area contributed by atoms with Gasteiger partial charge in [0.25, 0.3) is 11.6 Å². The van der Waals surface area contributed by atoms with Gasteiger partial charge in [-0.15, -0.1) is 0 Å². The van der Waals surface area contributed by atoms with E-state index in [-0.39, 0.29) is 39.9 Å². The van der Waals surface area contributed by atoms with Gasteiger partial charge in [-0.3, -0.25) is 14.9 Å². The Morgan fingerprint density at radius 1 is 1.14 bits per heavy atom. The highest BCUT2D eigenvalue weighted by atomic mass is 16.6. The Bertz CT molecular complexity index is 1010. The second-order valence-electron chi connectivity index (χ2n) is 8.77. The number of nitro groups is 1. The zero-order valence-corrected chi connectivity index (χ0v) is 16.8. The molecule has 2 N–H and O–H groups in total. The van der Waals surface area contributed by atoms with Gasteiger partial charge in [-0.2, -0.15) is 0 Å². The van der Waals surface area contributed by atoms with Crippen molar-refractivity contribution in [1.82, 2.24) is 5.32 Å². The molecule has 150 valence electrons. The number of carbonyl (C=O) groups is 1. The van der Waals surface area contributed by atoms with Gasteiger partial charge >= 0.3 is 0 Å². The van der Waals surface area contributed by atoms with E-state index in [2.05, 4.69) is 22.8 Å². The molecular formula is C23H25N3O3. The van der Waals surface area contributed by atoms with Crippen LogP contribution in [0.2, 0.25) is 0 Å². The fourth-order valence-corrected chi connectivity index (χ4v) is 4.44. The molecule has 1 aliphatic carbocycles. The molecule has 6 nitrogen and oxygen atoms in total. The summed E-state index contributed by atoms with van der Waals surface area (Å²) in [5.74, 6) is 0.145. The Hall–Kier alpha value is -3.15. The maximum absolute atomic E-state index is 13.0. The zero-order valence-electron chi connectivity index (χ0n) is 16.8. The van der Waals surface area contributed by atoms with Gasteiger partial charge in [0.1, 0.15) is 0 Å². The molecule has 1 amide bonds. The number of allylic oxidation sites excluding steroid dienone is 2. The molecular weight excluding hydrogens is 366 g/mol. The van der Waals surface area contributed by atoms with Crippen molar-refractivity contribution in [2.24, 2.45) is 5.92 Å². The topological polar surface area (TPSA) is 84.3 Å². The van der Waals surface area contributed by atoms with Gasteiger partial charge in [-0.25, -0.2) is 0 Å². The molecule has 1 heterocycles. The monoisotopic (exact) mass is 391 g/mol. The average molecular weight is 391 g/mol. The molecule has 0 aromatic heterocycles. The molecule has 29 heavy (non-hydrogen) atoms. The van der Waals surface area contributed by atoms with Gasteiger partial charge in [-0.1, -0.05) is 42.5 Å². The van der Waals surface area contributed by atoms with E-state index in [4.69, 9.17) is 0 Å². The van der Waals surface area contributed by atoms with Gasteiger partial charge in [0.2, 0.25) is 0 Å². The molecule has 2 aromatic rings. The number of fused-ring (bicyclic) bond motifs is 3. The van der Waals surface area contributed by atoms with Gasteiger partial charge < -0.3 is 10.6 Å². The smallest absolute Gasteiger partial charge is 0.274 e. The van der Waals surface area contributed by atoms with Crippen LogP contribution in [-0.4, -0.2) is 16.4 Å². The standard InChI is InChI=1S/C23H25N3O3/c1-23(2,3)25-22(27)18-12-7-11-16-14-9-6-10-15(14)20(24-21(16)18)17-8-4-5-13-19(17)26(28)29/h4-9,11-15,20,24H,10H2,1-3H3,(H,25,27). The summed E-state index contributed by atoms with van der Waals surface area (Å²) in [7, 11) is 0. The number of nitro benzene ring substituents is 1. The minimum Gasteiger partial charge on any atom is -0.377 e. The van der Waals surface area contributed by atoms with E-state index in [0.717, 1.165) is 17.7 Å². The van der Waals surface area contributed by atoms with Crippen LogP contribution in [-0.2, 0) is 0 Å². The summed E-state index contributed by atoms with van der Waals surface area (Å²) in [6.45, 7) is 5.83. The fourth-order valence-electron chi connectivity index (χ4n) is 4.44. The van der Waals surface area contributed by atoms with Gasteiger partial charge in [-0.05, 0) is 44.7 Å². The predicted octanol–water partition coefficient (Wildman–Crippen LogP) is 4.95.